The van der Waals surface area contributed by atoms with Crippen LogP contribution in [-0.4, -0.2) is 18.2 Å². The summed E-state index contributed by atoms with van der Waals surface area (Å²) in [7, 11) is 0. The van der Waals surface area contributed by atoms with Crippen LogP contribution in [-0.2, 0) is 4.74 Å². The number of carbonyl (C=O) groups excluding carboxylic acids is 1. The third kappa shape index (κ3) is 5.41. The van der Waals surface area contributed by atoms with Crippen LogP contribution in [0.25, 0.3) is 0 Å². The third-order valence-corrected chi connectivity index (χ3v) is 4.05. The zero-order valence-corrected chi connectivity index (χ0v) is 13.4. The number of nitrogens with one attached hydrogen (secondary N) is 1. The molecular formula is C18H27NO2. The predicted molar refractivity (Wildman–Crippen MR) is 85.4 cm³/mol. The smallest absolute Gasteiger partial charge is 0.407 e. The quantitative estimate of drug-likeness (QED) is 0.890. The van der Waals surface area contributed by atoms with Crippen LogP contribution < -0.4 is 5.32 Å². The Morgan fingerprint density at radius 3 is 2.33 bits per heavy atom. The Morgan fingerprint density at radius 1 is 1.14 bits per heavy atom. The topological polar surface area (TPSA) is 38.3 Å². The van der Waals surface area contributed by atoms with Gasteiger partial charge in [-0.05, 0) is 63.9 Å². The standard InChI is InChI=1S/C18H27NO2/c1-18(2,3)21-17(20)19-13-14-9-11-16(12-10-14)15-7-5-4-6-8-15/h4-8,14,16H,9-13H2,1-3H3,(H,19,20). The van der Waals surface area contributed by atoms with Gasteiger partial charge in [0.15, 0.2) is 0 Å². The van der Waals surface area contributed by atoms with Gasteiger partial charge in [0, 0.05) is 6.54 Å². The average Bonchev–Trinajstić information content (AvgIpc) is 2.45. The summed E-state index contributed by atoms with van der Waals surface area (Å²) in [6.45, 7) is 6.39. The lowest BCUT2D eigenvalue weighted by atomic mass is 9.79. The summed E-state index contributed by atoms with van der Waals surface area (Å²) >= 11 is 0. The van der Waals surface area contributed by atoms with Crippen LogP contribution in [0, 0.1) is 5.92 Å². The van der Waals surface area contributed by atoms with Gasteiger partial charge < -0.3 is 10.1 Å². The molecule has 1 aromatic rings. The van der Waals surface area contributed by atoms with Crippen molar-refractivity contribution in [1.29, 1.82) is 0 Å². The first kappa shape index (κ1) is 15.9. The fourth-order valence-corrected chi connectivity index (χ4v) is 2.97. The summed E-state index contributed by atoms with van der Waals surface area (Å²) in [4.78, 5) is 11.7. The lowest BCUT2D eigenvalue weighted by Crippen LogP contribution is -2.36. The highest BCUT2D eigenvalue weighted by Gasteiger charge is 2.23. The fourth-order valence-electron chi connectivity index (χ4n) is 2.97. The number of hydrogen-bond acceptors (Lipinski definition) is 2. The SMILES string of the molecule is CC(C)(C)OC(=O)NCC1CCC(c2ccccc2)CC1. The zero-order valence-electron chi connectivity index (χ0n) is 13.4. The Kier molecular flexibility index (Phi) is 5.27. The summed E-state index contributed by atoms with van der Waals surface area (Å²) in [5.74, 6) is 1.27. The lowest BCUT2D eigenvalue weighted by Gasteiger charge is -2.29. The van der Waals surface area contributed by atoms with E-state index in [1.54, 1.807) is 0 Å². The molecule has 1 aliphatic rings. The maximum atomic E-state index is 11.7. The minimum atomic E-state index is -0.422. The van der Waals surface area contributed by atoms with E-state index < -0.39 is 5.60 Å². The molecule has 0 radical (unpaired) electrons. The lowest BCUT2D eigenvalue weighted by molar-refractivity contribution is 0.0514. The molecule has 1 saturated carbocycles. The summed E-state index contributed by atoms with van der Waals surface area (Å²) in [5, 5.41) is 2.90. The monoisotopic (exact) mass is 289 g/mol. The fraction of sp³-hybridized carbons (Fsp3) is 0.611. The van der Waals surface area contributed by atoms with Crippen molar-refractivity contribution in [2.45, 2.75) is 58.0 Å². The zero-order chi connectivity index (χ0) is 15.3. The van der Waals surface area contributed by atoms with E-state index in [0.29, 0.717) is 11.8 Å². The van der Waals surface area contributed by atoms with E-state index in [2.05, 4.69) is 35.6 Å². The highest BCUT2D eigenvalue weighted by Crippen LogP contribution is 2.35. The van der Waals surface area contributed by atoms with Gasteiger partial charge in [0.2, 0.25) is 0 Å². The second-order valence-corrected chi connectivity index (χ2v) is 7.01. The Labute approximate surface area is 128 Å². The molecule has 0 bridgehead atoms. The van der Waals surface area contributed by atoms with E-state index >= 15 is 0 Å². The van der Waals surface area contributed by atoms with Gasteiger partial charge in [-0.3, -0.25) is 0 Å². The van der Waals surface area contributed by atoms with Crippen molar-refractivity contribution in [2.24, 2.45) is 5.92 Å². The molecule has 3 heteroatoms. The molecule has 1 aromatic carbocycles. The Bertz CT molecular complexity index is 442. The number of amides is 1. The molecule has 0 heterocycles. The van der Waals surface area contributed by atoms with E-state index in [4.69, 9.17) is 4.74 Å². The van der Waals surface area contributed by atoms with E-state index in [-0.39, 0.29) is 6.09 Å². The second kappa shape index (κ2) is 6.97. The van der Waals surface area contributed by atoms with Crippen molar-refractivity contribution in [3.63, 3.8) is 0 Å². The molecule has 0 atom stereocenters. The molecule has 0 spiro atoms. The van der Waals surface area contributed by atoms with Gasteiger partial charge >= 0.3 is 6.09 Å². The molecule has 2 rings (SSSR count). The normalized spacial score (nSPS) is 22.6. The summed E-state index contributed by atoms with van der Waals surface area (Å²) < 4.78 is 5.27. The molecule has 3 nitrogen and oxygen atoms in total. The van der Waals surface area contributed by atoms with Gasteiger partial charge in [-0.1, -0.05) is 30.3 Å². The van der Waals surface area contributed by atoms with Crippen LogP contribution in [0.5, 0.6) is 0 Å². The van der Waals surface area contributed by atoms with Crippen LogP contribution >= 0.6 is 0 Å². The molecule has 1 amide bonds. The minimum absolute atomic E-state index is 0.298. The van der Waals surface area contributed by atoms with Crippen molar-refractivity contribution in [3.05, 3.63) is 35.9 Å². The Hall–Kier alpha value is -1.51. The molecule has 0 unspecified atom stereocenters. The first-order valence-corrected chi connectivity index (χ1v) is 7.96. The van der Waals surface area contributed by atoms with Crippen LogP contribution in [0.1, 0.15) is 57.9 Å². The first-order chi connectivity index (χ1) is 9.94. The summed E-state index contributed by atoms with van der Waals surface area (Å²) in [6, 6.07) is 10.8. The highest BCUT2D eigenvalue weighted by atomic mass is 16.6. The van der Waals surface area contributed by atoms with Gasteiger partial charge in [0.1, 0.15) is 5.60 Å². The second-order valence-electron chi connectivity index (χ2n) is 7.01. The highest BCUT2D eigenvalue weighted by molar-refractivity contribution is 5.67. The van der Waals surface area contributed by atoms with E-state index in [0.717, 1.165) is 6.54 Å². The minimum Gasteiger partial charge on any atom is -0.444 e. The van der Waals surface area contributed by atoms with E-state index in [9.17, 15) is 4.79 Å². The predicted octanol–water partition coefficient (Wildman–Crippen LogP) is 4.49. The molecule has 116 valence electrons. The van der Waals surface area contributed by atoms with Gasteiger partial charge in [0.25, 0.3) is 0 Å². The van der Waals surface area contributed by atoms with Crippen molar-refractivity contribution in [3.8, 4) is 0 Å². The van der Waals surface area contributed by atoms with Crippen molar-refractivity contribution in [2.75, 3.05) is 6.54 Å². The van der Waals surface area contributed by atoms with Gasteiger partial charge in [-0.25, -0.2) is 4.79 Å². The number of hydrogen-bond donors (Lipinski definition) is 1. The van der Waals surface area contributed by atoms with Gasteiger partial charge in [-0.15, -0.1) is 0 Å². The summed E-state index contributed by atoms with van der Waals surface area (Å²) in [5.41, 5.74) is 1.03. The average molecular weight is 289 g/mol. The molecule has 0 aromatic heterocycles. The molecule has 1 fully saturated rings. The van der Waals surface area contributed by atoms with Crippen molar-refractivity contribution < 1.29 is 9.53 Å². The van der Waals surface area contributed by atoms with Crippen molar-refractivity contribution >= 4 is 6.09 Å². The largest absolute Gasteiger partial charge is 0.444 e. The molecule has 0 aliphatic heterocycles. The molecular weight excluding hydrogens is 262 g/mol. The Balaban J connectivity index is 1.71. The van der Waals surface area contributed by atoms with E-state index in [1.165, 1.54) is 31.2 Å². The van der Waals surface area contributed by atoms with Crippen molar-refractivity contribution in [1.82, 2.24) is 5.32 Å². The Morgan fingerprint density at radius 2 is 1.76 bits per heavy atom. The molecule has 0 saturated heterocycles. The number of carbonyl (C=O) groups is 1. The first-order valence-electron chi connectivity index (χ1n) is 7.96. The van der Waals surface area contributed by atoms with Crippen LogP contribution in [0.3, 0.4) is 0 Å². The number of benzene rings is 1. The van der Waals surface area contributed by atoms with Crippen LogP contribution in [0.15, 0.2) is 30.3 Å². The number of ether oxygens (including phenoxy) is 1. The number of alkyl carbamates (subject to hydrolysis) is 1. The molecule has 21 heavy (non-hydrogen) atoms. The van der Waals surface area contributed by atoms with Gasteiger partial charge in [0.05, 0.1) is 0 Å². The maximum Gasteiger partial charge on any atom is 0.407 e. The van der Waals surface area contributed by atoms with Crippen LogP contribution in [0.2, 0.25) is 0 Å². The summed E-state index contributed by atoms with van der Waals surface area (Å²) in [6.07, 6.45) is 4.48. The van der Waals surface area contributed by atoms with Gasteiger partial charge in [-0.2, -0.15) is 0 Å². The molecule has 1 aliphatic carbocycles. The van der Waals surface area contributed by atoms with Crippen LogP contribution in [0.4, 0.5) is 4.79 Å². The molecule has 1 N–H and O–H groups in total. The van der Waals surface area contributed by atoms with E-state index in [1.807, 2.05) is 20.8 Å². The number of rotatable bonds is 3. The maximum absolute atomic E-state index is 11.7. The third-order valence-electron chi connectivity index (χ3n) is 4.05.